The lowest BCUT2D eigenvalue weighted by Gasteiger charge is -2.13. The molecule has 0 saturated heterocycles. The van der Waals surface area contributed by atoms with Crippen LogP contribution in [0.1, 0.15) is 18.5 Å². The molecule has 0 heterocycles. The largest absolute Gasteiger partial charge is 0.307 e. The Labute approximate surface area is 95.0 Å². The molecule has 0 aromatic heterocycles. The van der Waals surface area contributed by atoms with Crippen LogP contribution in [0.3, 0.4) is 0 Å². The van der Waals surface area contributed by atoms with E-state index in [2.05, 4.69) is 5.32 Å². The maximum atomic E-state index is 13.3. The zero-order valence-corrected chi connectivity index (χ0v) is 9.47. The highest BCUT2D eigenvalue weighted by molar-refractivity contribution is 6.18. The van der Waals surface area contributed by atoms with Gasteiger partial charge in [0.25, 0.3) is 0 Å². The van der Waals surface area contributed by atoms with Gasteiger partial charge in [-0.2, -0.15) is 0 Å². The van der Waals surface area contributed by atoms with Crippen molar-refractivity contribution in [1.82, 2.24) is 5.32 Å². The Bertz CT molecular complexity index is 325. The fourth-order valence-corrected chi connectivity index (χ4v) is 1.45. The monoisotopic (exact) mass is 227 g/mol. The van der Waals surface area contributed by atoms with Gasteiger partial charge in [-0.05, 0) is 13.0 Å². The molecule has 1 N–H and O–H groups in total. The molecule has 0 amide bonds. The molecule has 1 unspecified atom stereocenters. The molecule has 0 aliphatic heterocycles. The van der Waals surface area contributed by atoms with E-state index >= 15 is 0 Å². The van der Waals surface area contributed by atoms with E-state index < -0.39 is 0 Å². The van der Waals surface area contributed by atoms with Crippen LogP contribution < -0.4 is 5.32 Å². The Kier molecular flexibility index (Phi) is 5.37. The van der Waals surface area contributed by atoms with Crippen LogP contribution >= 0.6 is 11.6 Å². The molecule has 0 aliphatic carbocycles. The van der Waals surface area contributed by atoms with Crippen LogP contribution in [-0.2, 0) is 0 Å². The molecule has 1 aromatic rings. The Morgan fingerprint density at radius 1 is 1.40 bits per heavy atom. The first-order valence-electron chi connectivity index (χ1n) is 4.94. The third-order valence-corrected chi connectivity index (χ3v) is 2.35. The molecular weight excluding hydrogens is 213 g/mol. The fourth-order valence-electron chi connectivity index (χ4n) is 1.33. The lowest BCUT2D eigenvalue weighted by Crippen LogP contribution is -2.19. The number of hydrogen-bond donors (Lipinski definition) is 1. The van der Waals surface area contributed by atoms with E-state index in [1.807, 2.05) is 25.1 Å². The van der Waals surface area contributed by atoms with Crippen molar-refractivity contribution in [3.8, 4) is 0 Å². The van der Waals surface area contributed by atoms with Crippen LogP contribution in [0.2, 0.25) is 0 Å². The van der Waals surface area contributed by atoms with E-state index in [-0.39, 0.29) is 11.9 Å². The zero-order chi connectivity index (χ0) is 11.1. The Morgan fingerprint density at radius 2 is 2.13 bits per heavy atom. The van der Waals surface area contributed by atoms with Gasteiger partial charge >= 0.3 is 0 Å². The van der Waals surface area contributed by atoms with Gasteiger partial charge in [-0.15, -0.1) is 11.6 Å². The van der Waals surface area contributed by atoms with Crippen molar-refractivity contribution in [3.05, 3.63) is 47.8 Å². The average Bonchev–Trinajstić information content (AvgIpc) is 2.25. The first-order chi connectivity index (χ1) is 7.25. The third kappa shape index (κ3) is 4.02. The van der Waals surface area contributed by atoms with Crippen molar-refractivity contribution in [2.45, 2.75) is 13.0 Å². The Balaban J connectivity index is 2.50. The second-order valence-corrected chi connectivity index (χ2v) is 3.59. The van der Waals surface area contributed by atoms with Gasteiger partial charge in [0.15, 0.2) is 0 Å². The SMILES string of the molecule is CC(NC/C=C/CCl)c1ccccc1F. The molecule has 0 spiro atoms. The molecule has 1 nitrogen and oxygen atoms in total. The summed E-state index contributed by atoms with van der Waals surface area (Å²) in [6.45, 7) is 2.63. The van der Waals surface area contributed by atoms with Gasteiger partial charge in [-0.25, -0.2) is 4.39 Å². The van der Waals surface area contributed by atoms with Crippen LogP contribution in [0.4, 0.5) is 4.39 Å². The van der Waals surface area contributed by atoms with E-state index in [1.165, 1.54) is 6.07 Å². The van der Waals surface area contributed by atoms with Crippen molar-refractivity contribution < 1.29 is 4.39 Å². The summed E-state index contributed by atoms with van der Waals surface area (Å²) in [6, 6.07) is 6.80. The summed E-state index contributed by atoms with van der Waals surface area (Å²) in [5.74, 6) is 0.342. The normalized spacial score (nSPS) is 13.3. The third-order valence-electron chi connectivity index (χ3n) is 2.17. The number of nitrogens with one attached hydrogen (secondary N) is 1. The summed E-state index contributed by atoms with van der Waals surface area (Å²) in [5, 5.41) is 3.19. The van der Waals surface area contributed by atoms with Gasteiger partial charge in [0.05, 0.1) is 0 Å². The highest BCUT2D eigenvalue weighted by Crippen LogP contribution is 2.15. The van der Waals surface area contributed by atoms with E-state index in [0.717, 1.165) is 0 Å². The molecule has 1 rings (SSSR count). The average molecular weight is 228 g/mol. The summed E-state index contributed by atoms with van der Waals surface area (Å²) in [7, 11) is 0. The standard InChI is InChI=1S/C12H15ClFN/c1-10(15-9-5-4-8-13)11-6-2-3-7-12(11)14/h2-7,10,15H,8-9H2,1H3/b5-4+. The molecule has 82 valence electrons. The van der Waals surface area contributed by atoms with E-state index in [1.54, 1.807) is 12.1 Å². The Morgan fingerprint density at radius 3 is 2.80 bits per heavy atom. The first-order valence-corrected chi connectivity index (χ1v) is 5.48. The molecule has 0 fully saturated rings. The molecular formula is C12H15ClFN. The maximum absolute atomic E-state index is 13.3. The lowest BCUT2D eigenvalue weighted by molar-refractivity contribution is 0.549. The van der Waals surface area contributed by atoms with Crippen molar-refractivity contribution in [1.29, 1.82) is 0 Å². The quantitative estimate of drug-likeness (QED) is 0.602. The fraction of sp³-hybridized carbons (Fsp3) is 0.333. The summed E-state index contributed by atoms with van der Waals surface area (Å²) < 4.78 is 13.3. The van der Waals surface area contributed by atoms with Gasteiger partial charge in [-0.3, -0.25) is 0 Å². The van der Waals surface area contributed by atoms with E-state index in [0.29, 0.717) is 18.0 Å². The Hall–Kier alpha value is -0.860. The summed E-state index contributed by atoms with van der Waals surface area (Å²) >= 11 is 5.48. The van der Waals surface area contributed by atoms with Gasteiger partial charge in [0.2, 0.25) is 0 Å². The topological polar surface area (TPSA) is 12.0 Å². The summed E-state index contributed by atoms with van der Waals surface area (Å²) in [4.78, 5) is 0. The molecule has 0 bridgehead atoms. The number of benzene rings is 1. The molecule has 0 aliphatic rings. The van der Waals surface area contributed by atoms with Gasteiger partial charge in [0, 0.05) is 24.0 Å². The molecule has 3 heteroatoms. The van der Waals surface area contributed by atoms with Crippen molar-refractivity contribution in [2.24, 2.45) is 0 Å². The molecule has 15 heavy (non-hydrogen) atoms. The number of hydrogen-bond acceptors (Lipinski definition) is 1. The number of rotatable bonds is 5. The minimum atomic E-state index is -0.168. The molecule has 0 radical (unpaired) electrons. The van der Waals surface area contributed by atoms with Crippen LogP contribution in [0.25, 0.3) is 0 Å². The highest BCUT2D eigenvalue weighted by atomic mass is 35.5. The minimum Gasteiger partial charge on any atom is -0.307 e. The van der Waals surface area contributed by atoms with Crippen LogP contribution in [-0.4, -0.2) is 12.4 Å². The van der Waals surface area contributed by atoms with Crippen LogP contribution in [0.15, 0.2) is 36.4 Å². The van der Waals surface area contributed by atoms with E-state index in [4.69, 9.17) is 11.6 Å². The first kappa shape index (κ1) is 12.2. The zero-order valence-electron chi connectivity index (χ0n) is 8.71. The van der Waals surface area contributed by atoms with Crippen molar-refractivity contribution in [3.63, 3.8) is 0 Å². The van der Waals surface area contributed by atoms with Crippen molar-refractivity contribution >= 4 is 11.6 Å². The smallest absolute Gasteiger partial charge is 0.127 e. The number of alkyl halides is 1. The predicted octanol–water partition coefficient (Wildman–Crippen LogP) is 3.27. The predicted molar refractivity (Wildman–Crippen MR) is 62.7 cm³/mol. The second kappa shape index (κ2) is 6.59. The molecule has 1 aromatic carbocycles. The van der Waals surface area contributed by atoms with Crippen LogP contribution in [0, 0.1) is 5.82 Å². The summed E-state index contributed by atoms with van der Waals surface area (Å²) in [6.07, 6.45) is 3.80. The summed E-state index contributed by atoms with van der Waals surface area (Å²) in [5.41, 5.74) is 0.691. The number of halogens is 2. The van der Waals surface area contributed by atoms with E-state index in [9.17, 15) is 4.39 Å². The molecule has 1 atom stereocenters. The van der Waals surface area contributed by atoms with Gasteiger partial charge < -0.3 is 5.32 Å². The minimum absolute atomic E-state index is 0.00572. The van der Waals surface area contributed by atoms with Gasteiger partial charge in [-0.1, -0.05) is 30.4 Å². The van der Waals surface area contributed by atoms with Gasteiger partial charge in [0.1, 0.15) is 5.82 Å². The number of allylic oxidation sites excluding steroid dienone is 1. The molecule has 0 saturated carbocycles. The second-order valence-electron chi connectivity index (χ2n) is 3.28. The van der Waals surface area contributed by atoms with Crippen LogP contribution in [0.5, 0.6) is 0 Å². The van der Waals surface area contributed by atoms with Crippen molar-refractivity contribution in [2.75, 3.05) is 12.4 Å². The lowest BCUT2D eigenvalue weighted by atomic mass is 10.1. The maximum Gasteiger partial charge on any atom is 0.127 e. The highest BCUT2D eigenvalue weighted by Gasteiger charge is 2.07.